The highest BCUT2D eigenvalue weighted by atomic mass is 32.2. The second kappa shape index (κ2) is 6.67. The SMILES string of the molecule is CS(=O)(=O)NC(=O)c1cc(F)c(Oc2c(F)cc(F)cc2F)cc1F. The number of ether oxygens (including phenoxy) is 1. The van der Waals surface area contributed by atoms with Crippen molar-refractivity contribution in [3.63, 3.8) is 0 Å². The normalized spacial score (nSPS) is 11.3. The molecule has 0 unspecified atom stereocenters. The maximum atomic E-state index is 13.9. The van der Waals surface area contributed by atoms with Crippen molar-refractivity contribution in [1.82, 2.24) is 4.72 Å². The minimum atomic E-state index is -4.03. The first kappa shape index (κ1) is 18.6. The summed E-state index contributed by atoms with van der Waals surface area (Å²) < 4.78 is 95.4. The zero-order valence-electron chi connectivity index (χ0n) is 12.2. The van der Waals surface area contributed by atoms with Gasteiger partial charge in [0.05, 0.1) is 11.8 Å². The Labute approximate surface area is 138 Å². The van der Waals surface area contributed by atoms with Crippen LogP contribution in [0, 0.1) is 29.1 Å². The lowest BCUT2D eigenvalue weighted by Gasteiger charge is -2.11. The molecule has 1 amide bonds. The summed E-state index contributed by atoms with van der Waals surface area (Å²) >= 11 is 0. The topological polar surface area (TPSA) is 72.5 Å². The summed E-state index contributed by atoms with van der Waals surface area (Å²) in [6.07, 6.45) is 0.622. The second-order valence-electron chi connectivity index (χ2n) is 4.77. The van der Waals surface area contributed by atoms with Crippen LogP contribution in [0.25, 0.3) is 0 Å². The Hall–Kier alpha value is -2.69. The predicted octanol–water partition coefficient (Wildman–Crippen LogP) is 2.86. The van der Waals surface area contributed by atoms with E-state index in [1.54, 1.807) is 0 Å². The summed E-state index contributed by atoms with van der Waals surface area (Å²) in [5.41, 5.74) is -0.977. The Balaban J connectivity index is 2.40. The van der Waals surface area contributed by atoms with Crippen LogP contribution in [0.5, 0.6) is 11.5 Å². The van der Waals surface area contributed by atoms with Crippen molar-refractivity contribution in [2.75, 3.05) is 6.26 Å². The molecule has 0 aliphatic heterocycles. The van der Waals surface area contributed by atoms with Gasteiger partial charge in [-0.25, -0.2) is 35.1 Å². The first-order chi connectivity index (χ1) is 11.5. The fourth-order valence-corrected chi connectivity index (χ4v) is 2.19. The second-order valence-corrected chi connectivity index (χ2v) is 6.51. The van der Waals surface area contributed by atoms with Gasteiger partial charge >= 0.3 is 0 Å². The van der Waals surface area contributed by atoms with Crippen molar-refractivity contribution in [3.05, 3.63) is 58.9 Å². The van der Waals surface area contributed by atoms with Gasteiger partial charge in [-0.3, -0.25) is 4.79 Å². The largest absolute Gasteiger partial charge is 0.448 e. The molecule has 0 aliphatic carbocycles. The number of rotatable bonds is 4. The molecule has 0 radical (unpaired) electrons. The van der Waals surface area contributed by atoms with Gasteiger partial charge in [-0.1, -0.05) is 0 Å². The number of benzene rings is 2. The van der Waals surface area contributed by atoms with Crippen molar-refractivity contribution in [1.29, 1.82) is 0 Å². The molecule has 11 heteroatoms. The van der Waals surface area contributed by atoms with Gasteiger partial charge in [-0.05, 0) is 6.07 Å². The lowest BCUT2D eigenvalue weighted by atomic mass is 10.2. The van der Waals surface area contributed by atoms with Gasteiger partial charge < -0.3 is 4.74 Å². The third-order valence-electron chi connectivity index (χ3n) is 2.72. The minimum Gasteiger partial charge on any atom is -0.448 e. The Morgan fingerprint density at radius 3 is 2.00 bits per heavy atom. The molecule has 0 heterocycles. The average Bonchev–Trinajstić information content (AvgIpc) is 2.43. The average molecular weight is 381 g/mol. The molecule has 2 aromatic carbocycles. The van der Waals surface area contributed by atoms with Crippen LogP contribution in [0.4, 0.5) is 22.0 Å². The van der Waals surface area contributed by atoms with Gasteiger partial charge in [0.2, 0.25) is 10.0 Å². The summed E-state index contributed by atoms with van der Waals surface area (Å²) in [5, 5.41) is 0. The fourth-order valence-electron chi connectivity index (χ4n) is 1.74. The third-order valence-corrected chi connectivity index (χ3v) is 3.28. The first-order valence-corrected chi connectivity index (χ1v) is 8.20. The molecule has 25 heavy (non-hydrogen) atoms. The summed E-state index contributed by atoms with van der Waals surface area (Å²) in [7, 11) is -4.03. The summed E-state index contributed by atoms with van der Waals surface area (Å²) in [6.45, 7) is 0. The van der Waals surface area contributed by atoms with Crippen molar-refractivity contribution >= 4 is 15.9 Å². The molecule has 0 atom stereocenters. The Morgan fingerprint density at radius 1 is 0.920 bits per heavy atom. The highest BCUT2D eigenvalue weighted by molar-refractivity contribution is 7.89. The van der Waals surface area contributed by atoms with Gasteiger partial charge in [0.1, 0.15) is 11.6 Å². The van der Waals surface area contributed by atoms with Gasteiger partial charge in [-0.15, -0.1) is 0 Å². The van der Waals surface area contributed by atoms with Crippen molar-refractivity contribution in [2.45, 2.75) is 0 Å². The van der Waals surface area contributed by atoms with Crippen LogP contribution in [-0.2, 0) is 10.0 Å². The highest BCUT2D eigenvalue weighted by Crippen LogP contribution is 2.31. The third kappa shape index (κ3) is 4.44. The van der Waals surface area contributed by atoms with Gasteiger partial charge in [-0.2, -0.15) is 0 Å². The van der Waals surface area contributed by atoms with E-state index >= 15 is 0 Å². The van der Waals surface area contributed by atoms with Crippen LogP contribution in [-0.4, -0.2) is 20.6 Å². The van der Waals surface area contributed by atoms with Crippen LogP contribution in [0.3, 0.4) is 0 Å². The zero-order valence-corrected chi connectivity index (χ0v) is 13.1. The molecule has 0 aromatic heterocycles. The van der Waals surface area contributed by atoms with Crippen LogP contribution in [0.15, 0.2) is 24.3 Å². The molecule has 2 aromatic rings. The number of hydrogen-bond donors (Lipinski definition) is 1. The zero-order chi connectivity index (χ0) is 18.9. The molecule has 0 aliphatic rings. The Morgan fingerprint density at radius 2 is 1.48 bits per heavy atom. The van der Waals surface area contributed by atoms with Crippen molar-refractivity contribution in [3.8, 4) is 11.5 Å². The first-order valence-electron chi connectivity index (χ1n) is 6.31. The summed E-state index contributed by atoms with van der Waals surface area (Å²) in [6, 6.07) is 1.10. The molecular formula is C14H8F5NO4S. The van der Waals surface area contributed by atoms with E-state index in [0.717, 1.165) is 0 Å². The number of amides is 1. The standard InChI is InChI=1S/C14H8F5NO4S/c1-25(22,23)20-14(21)7-4-9(17)12(5-8(7)16)24-13-10(18)2-6(15)3-11(13)19/h2-5H,1H3,(H,20,21). The van der Waals surface area contributed by atoms with E-state index in [1.165, 1.54) is 4.72 Å². The molecule has 5 nitrogen and oxygen atoms in total. The van der Waals surface area contributed by atoms with E-state index < -0.39 is 62.1 Å². The van der Waals surface area contributed by atoms with Crippen LogP contribution < -0.4 is 9.46 Å². The van der Waals surface area contributed by atoms with E-state index in [2.05, 4.69) is 4.74 Å². The number of carbonyl (C=O) groups excluding carboxylic acids is 1. The maximum absolute atomic E-state index is 13.9. The number of nitrogens with one attached hydrogen (secondary N) is 1. The van der Waals surface area contributed by atoms with Gasteiger partial charge in [0.15, 0.2) is 29.0 Å². The van der Waals surface area contributed by atoms with E-state index in [1.807, 2.05) is 0 Å². The Bertz CT molecular complexity index is 939. The number of hydrogen-bond acceptors (Lipinski definition) is 4. The predicted molar refractivity (Wildman–Crippen MR) is 75.1 cm³/mol. The van der Waals surface area contributed by atoms with Crippen molar-refractivity contribution in [2.24, 2.45) is 0 Å². The van der Waals surface area contributed by atoms with Crippen molar-refractivity contribution < 1.29 is 39.9 Å². The molecule has 2 rings (SSSR count). The van der Waals surface area contributed by atoms with E-state index in [9.17, 15) is 35.2 Å². The molecule has 0 bridgehead atoms. The number of halogens is 5. The Kier molecular flexibility index (Phi) is 4.97. The van der Waals surface area contributed by atoms with Gasteiger partial charge in [0, 0.05) is 18.2 Å². The van der Waals surface area contributed by atoms with E-state index in [4.69, 9.17) is 0 Å². The minimum absolute atomic E-state index is 0.264. The smallest absolute Gasteiger partial charge is 0.267 e. The molecule has 0 spiro atoms. The number of sulfonamides is 1. The lowest BCUT2D eigenvalue weighted by Crippen LogP contribution is -2.30. The van der Waals surface area contributed by atoms with E-state index in [-0.39, 0.29) is 24.3 Å². The molecule has 1 N–H and O–H groups in total. The van der Waals surface area contributed by atoms with E-state index in [0.29, 0.717) is 6.26 Å². The molecule has 0 saturated heterocycles. The summed E-state index contributed by atoms with van der Waals surface area (Å²) in [5.74, 6) is -10.7. The van der Waals surface area contributed by atoms with Crippen LogP contribution in [0.2, 0.25) is 0 Å². The highest BCUT2D eigenvalue weighted by Gasteiger charge is 2.21. The van der Waals surface area contributed by atoms with Gasteiger partial charge in [0.25, 0.3) is 5.91 Å². The maximum Gasteiger partial charge on any atom is 0.267 e. The monoisotopic (exact) mass is 381 g/mol. The molecule has 0 fully saturated rings. The fraction of sp³-hybridized carbons (Fsp3) is 0.0714. The molecule has 0 saturated carbocycles. The number of carbonyl (C=O) groups is 1. The molecular weight excluding hydrogens is 373 g/mol. The van der Waals surface area contributed by atoms with Crippen LogP contribution in [0.1, 0.15) is 10.4 Å². The van der Waals surface area contributed by atoms with Crippen LogP contribution >= 0.6 is 0 Å². The quantitative estimate of drug-likeness (QED) is 0.827. The molecule has 134 valence electrons. The summed E-state index contributed by atoms with van der Waals surface area (Å²) in [4.78, 5) is 11.5. The lowest BCUT2D eigenvalue weighted by molar-refractivity contribution is 0.0977.